The minimum absolute atomic E-state index is 0.0541. The number of carbonyl (C=O) groups excluding carboxylic acids is 2. The number of amides is 2. The Kier molecular flexibility index (Phi) is 6.34. The molecule has 0 radical (unpaired) electrons. The summed E-state index contributed by atoms with van der Waals surface area (Å²) in [6.07, 6.45) is 0. The summed E-state index contributed by atoms with van der Waals surface area (Å²) < 4.78 is 5.23. The van der Waals surface area contributed by atoms with Crippen molar-refractivity contribution in [3.8, 4) is 0 Å². The van der Waals surface area contributed by atoms with Crippen molar-refractivity contribution in [1.82, 2.24) is 15.5 Å². The standard InChI is InChI=1S/C20H21ClN4O3S/c1-10(2)16(20-22-12(4)25-28-20)24-19(27)17-11(3)9-15(29-17)23-18(26)13-7-5-6-8-14(13)21/h5-10,16H,1-4H3,(H,23,26)(H,24,27). The first-order chi connectivity index (χ1) is 13.8. The summed E-state index contributed by atoms with van der Waals surface area (Å²) in [5.41, 5.74) is 1.13. The van der Waals surface area contributed by atoms with Gasteiger partial charge in [-0.3, -0.25) is 9.59 Å². The molecule has 0 bridgehead atoms. The van der Waals surface area contributed by atoms with Crippen molar-refractivity contribution in [2.75, 3.05) is 5.32 Å². The summed E-state index contributed by atoms with van der Waals surface area (Å²) in [7, 11) is 0. The first kappa shape index (κ1) is 21.0. The number of halogens is 1. The Hall–Kier alpha value is -2.71. The predicted octanol–water partition coefficient (Wildman–Crippen LogP) is 4.78. The molecule has 0 saturated carbocycles. The SMILES string of the molecule is Cc1noc(C(NC(=O)c2sc(NC(=O)c3ccccc3Cl)cc2C)C(C)C)n1. The molecule has 152 valence electrons. The van der Waals surface area contributed by atoms with Crippen LogP contribution < -0.4 is 10.6 Å². The minimum Gasteiger partial charge on any atom is -0.339 e. The third-order valence-electron chi connectivity index (χ3n) is 4.24. The van der Waals surface area contributed by atoms with Crippen LogP contribution in [0.15, 0.2) is 34.9 Å². The van der Waals surface area contributed by atoms with Crippen LogP contribution in [0.2, 0.25) is 5.02 Å². The smallest absolute Gasteiger partial charge is 0.262 e. The second-order valence-electron chi connectivity index (χ2n) is 6.93. The molecule has 2 amide bonds. The highest BCUT2D eigenvalue weighted by molar-refractivity contribution is 7.18. The maximum atomic E-state index is 12.9. The van der Waals surface area contributed by atoms with Gasteiger partial charge in [0, 0.05) is 0 Å². The summed E-state index contributed by atoms with van der Waals surface area (Å²) in [5, 5.41) is 10.5. The van der Waals surface area contributed by atoms with Gasteiger partial charge in [-0.15, -0.1) is 11.3 Å². The lowest BCUT2D eigenvalue weighted by atomic mass is 10.0. The lowest BCUT2D eigenvalue weighted by Gasteiger charge is -2.18. The number of anilines is 1. The third kappa shape index (κ3) is 4.83. The molecule has 2 heterocycles. The van der Waals surface area contributed by atoms with E-state index in [0.717, 1.165) is 5.56 Å². The maximum absolute atomic E-state index is 12.9. The second kappa shape index (κ2) is 8.75. The molecule has 0 spiro atoms. The lowest BCUT2D eigenvalue weighted by Crippen LogP contribution is -2.31. The predicted molar refractivity (Wildman–Crippen MR) is 113 cm³/mol. The zero-order valence-electron chi connectivity index (χ0n) is 16.4. The van der Waals surface area contributed by atoms with Gasteiger partial charge < -0.3 is 15.2 Å². The Bertz CT molecular complexity index is 1040. The van der Waals surface area contributed by atoms with E-state index in [-0.39, 0.29) is 17.7 Å². The molecule has 2 N–H and O–H groups in total. The van der Waals surface area contributed by atoms with Crippen LogP contribution in [0.25, 0.3) is 0 Å². The molecule has 0 aliphatic rings. The Labute approximate surface area is 177 Å². The molecule has 0 saturated heterocycles. The van der Waals surface area contributed by atoms with Gasteiger partial charge in [-0.1, -0.05) is 42.7 Å². The van der Waals surface area contributed by atoms with Gasteiger partial charge in [-0.05, 0) is 43.5 Å². The van der Waals surface area contributed by atoms with E-state index in [1.54, 1.807) is 37.3 Å². The number of carbonyl (C=O) groups is 2. The van der Waals surface area contributed by atoms with Gasteiger partial charge in [-0.25, -0.2) is 0 Å². The molecule has 7 nitrogen and oxygen atoms in total. The van der Waals surface area contributed by atoms with Crippen LogP contribution in [0.1, 0.15) is 57.2 Å². The number of hydrogen-bond donors (Lipinski definition) is 2. The van der Waals surface area contributed by atoms with Crippen molar-refractivity contribution in [1.29, 1.82) is 0 Å². The highest BCUT2D eigenvalue weighted by atomic mass is 35.5. The van der Waals surface area contributed by atoms with Crippen molar-refractivity contribution in [3.63, 3.8) is 0 Å². The monoisotopic (exact) mass is 432 g/mol. The number of rotatable bonds is 6. The molecule has 0 fully saturated rings. The molecule has 1 atom stereocenters. The molecule has 0 aliphatic heterocycles. The van der Waals surface area contributed by atoms with Crippen LogP contribution in [0.4, 0.5) is 5.00 Å². The van der Waals surface area contributed by atoms with Crippen LogP contribution in [-0.4, -0.2) is 22.0 Å². The van der Waals surface area contributed by atoms with E-state index < -0.39 is 6.04 Å². The van der Waals surface area contributed by atoms with Crippen molar-refractivity contribution in [2.45, 2.75) is 33.7 Å². The summed E-state index contributed by atoms with van der Waals surface area (Å²) >= 11 is 7.27. The van der Waals surface area contributed by atoms with E-state index >= 15 is 0 Å². The summed E-state index contributed by atoms with van der Waals surface area (Å²) in [6, 6.07) is 8.14. The Morgan fingerprint density at radius 2 is 1.90 bits per heavy atom. The van der Waals surface area contributed by atoms with Crippen molar-refractivity contribution in [2.24, 2.45) is 5.92 Å². The fourth-order valence-corrected chi connectivity index (χ4v) is 3.95. The van der Waals surface area contributed by atoms with Crippen molar-refractivity contribution in [3.05, 3.63) is 63.1 Å². The number of aryl methyl sites for hydroxylation is 2. The summed E-state index contributed by atoms with van der Waals surface area (Å²) in [5.74, 6) is 0.341. The van der Waals surface area contributed by atoms with Crippen LogP contribution in [0.5, 0.6) is 0 Å². The number of nitrogens with zero attached hydrogens (tertiary/aromatic N) is 2. The quantitative estimate of drug-likeness (QED) is 0.584. The first-order valence-corrected chi connectivity index (χ1v) is 10.2. The average molecular weight is 433 g/mol. The molecular formula is C20H21ClN4O3S. The number of nitrogens with one attached hydrogen (secondary N) is 2. The van der Waals surface area contributed by atoms with Gasteiger partial charge in [0.05, 0.1) is 20.5 Å². The minimum atomic E-state index is -0.411. The van der Waals surface area contributed by atoms with Gasteiger partial charge in [0.25, 0.3) is 11.8 Å². The van der Waals surface area contributed by atoms with Gasteiger partial charge in [0.2, 0.25) is 5.89 Å². The number of thiophene rings is 1. The number of aromatic nitrogens is 2. The topological polar surface area (TPSA) is 97.1 Å². The van der Waals surface area contributed by atoms with E-state index in [0.29, 0.717) is 32.2 Å². The maximum Gasteiger partial charge on any atom is 0.262 e. The first-order valence-electron chi connectivity index (χ1n) is 9.03. The molecule has 2 aromatic heterocycles. The van der Waals surface area contributed by atoms with Gasteiger partial charge in [0.15, 0.2) is 5.82 Å². The van der Waals surface area contributed by atoms with E-state index in [9.17, 15) is 9.59 Å². The summed E-state index contributed by atoms with van der Waals surface area (Å²) in [4.78, 5) is 30.1. The largest absolute Gasteiger partial charge is 0.339 e. The molecule has 1 unspecified atom stereocenters. The molecule has 3 aromatic rings. The molecule has 9 heteroatoms. The number of benzene rings is 1. The van der Waals surface area contributed by atoms with Crippen LogP contribution in [0.3, 0.4) is 0 Å². The van der Waals surface area contributed by atoms with Crippen LogP contribution >= 0.6 is 22.9 Å². The zero-order chi connectivity index (χ0) is 21.1. The van der Waals surface area contributed by atoms with E-state index in [1.807, 2.05) is 20.8 Å². The number of hydrogen-bond acceptors (Lipinski definition) is 6. The molecule has 0 aliphatic carbocycles. The normalized spacial score (nSPS) is 12.1. The van der Waals surface area contributed by atoms with Crippen molar-refractivity contribution >= 4 is 39.8 Å². The fourth-order valence-electron chi connectivity index (χ4n) is 2.75. The van der Waals surface area contributed by atoms with E-state index in [2.05, 4.69) is 20.8 Å². The second-order valence-corrected chi connectivity index (χ2v) is 8.39. The highest BCUT2D eigenvalue weighted by Crippen LogP contribution is 2.29. The fraction of sp³-hybridized carbons (Fsp3) is 0.300. The van der Waals surface area contributed by atoms with Gasteiger partial charge in [0.1, 0.15) is 6.04 Å². The van der Waals surface area contributed by atoms with Crippen LogP contribution in [0, 0.1) is 19.8 Å². The molecule has 29 heavy (non-hydrogen) atoms. The third-order valence-corrected chi connectivity index (χ3v) is 5.72. The molecule has 1 aromatic carbocycles. The van der Waals surface area contributed by atoms with Gasteiger partial charge >= 0.3 is 0 Å². The van der Waals surface area contributed by atoms with Crippen molar-refractivity contribution < 1.29 is 14.1 Å². The average Bonchev–Trinajstić information content (AvgIpc) is 3.25. The Balaban J connectivity index is 1.76. The highest BCUT2D eigenvalue weighted by Gasteiger charge is 2.26. The van der Waals surface area contributed by atoms with E-state index in [4.69, 9.17) is 16.1 Å². The summed E-state index contributed by atoms with van der Waals surface area (Å²) in [6.45, 7) is 7.46. The zero-order valence-corrected chi connectivity index (χ0v) is 18.0. The molecular weight excluding hydrogens is 412 g/mol. The van der Waals surface area contributed by atoms with Crippen LogP contribution in [-0.2, 0) is 0 Å². The Morgan fingerprint density at radius 1 is 1.17 bits per heavy atom. The lowest BCUT2D eigenvalue weighted by molar-refractivity contribution is 0.0917. The van der Waals surface area contributed by atoms with E-state index in [1.165, 1.54) is 11.3 Å². The Morgan fingerprint density at radius 3 is 2.52 bits per heavy atom. The molecule has 3 rings (SSSR count). The van der Waals surface area contributed by atoms with Gasteiger partial charge in [-0.2, -0.15) is 4.98 Å².